The summed E-state index contributed by atoms with van der Waals surface area (Å²) >= 11 is 1.44. The van der Waals surface area contributed by atoms with Crippen LogP contribution >= 0.6 is 11.8 Å². The maximum absolute atomic E-state index is 12.5. The van der Waals surface area contributed by atoms with Gasteiger partial charge in [-0.05, 0) is 29.5 Å². The second-order valence-corrected chi connectivity index (χ2v) is 8.64. The minimum absolute atomic E-state index is 0.190. The summed E-state index contributed by atoms with van der Waals surface area (Å²) in [4.78, 5) is 22.0. The van der Waals surface area contributed by atoms with E-state index in [4.69, 9.17) is 4.42 Å². The number of hydrogen-bond acceptors (Lipinski definition) is 5. The third-order valence-electron chi connectivity index (χ3n) is 5.46. The molecular formula is C25H23N3O2S. The van der Waals surface area contributed by atoms with Gasteiger partial charge in [-0.25, -0.2) is 0 Å². The third-order valence-corrected chi connectivity index (χ3v) is 6.50. The van der Waals surface area contributed by atoms with E-state index in [0.717, 1.165) is 49.2 Å². The molecule has 0 aliphatic carbocycles. The van der Waals surface area contributed by atoms with Crippen molar-refractivity contribution in [2.45, 2.75) is 6.54 Å². The molecule has 156 valence electrons. The average Bonchev–Trinajstić information content (AvgIpc) is 3.43. The lowest BCUT2D eigenvalue weighted by Gasteiger charge is -2.35. The second kappa shape index (κ2) is 8.96. The van der Waals surface area contributed by atoms with Crippen molar-refractivity contribution < 1.29 is 9.21 Å². The van der Waals surface area contributed by atoms with E-state index in [1.807, 2.05) is 48.5 Å². The number of furan rings is 1. The van der Waals surface area contributed by atoms with Crippen molar-refractivity contribution in [2.24, 2.45) is 4.99 Å². The van der Waals surface area contributed by atoms with E-state index in [1.54, 1.807) is 6.08 Å². The van der Waals surface area contributed by atoms with Gasteiger partial charge in [0.05, 0.1) is 4.91 Å². The van der Waals surface area contributed by atoms with Crippen LogP contribution in [0.4, 0.5) is 0 Å². The van der Waals surface area contributed by atoms with Crippen LogP contribution in [0, 0.1) is 0 Å². The highest BCUT2D eigenvalue weighted by atomic mass is 32.2. The molecule has 6 heteroatoms. The van der Waals surface area contributed by atoms with Crippen LogP contribution in [0.3, 0.4) is 0 Å². The number of nitrogens with zero attached hydrogens (tertiary/aromatic N) is 3. The molecule has 5 rings (SSSR count). The van der Waals surface area contributed by atoms with Crippen molar-refractivity contribution in [1.29, 1.82) is 0 Å². The summed E-state index contributed by atoms with van der Waals surface area (Å²) in [6.07, 6.45) is 1.79. The number of amides is 1. The predicted molar refractivity (Wildman–Crippen MR) is 125 cm³/mol. The number of rotatable bonds is 4. The fraction of sp³-hybridized carbons (Fsp3) is 0.200. The maximum atomic E-state index is 12.5. The monoisotopic (exact) mass is 429 g/mol. The molecule has 2 aliphatic rings. The molecule has 0 saturated carbocycles. The van der Waals surface area contributed by atoms with Crippen LogP contribution in [0.15, 0.2) is 87.1 Å². The van der Waals surface area contributed by atoms with Gasteiger partial charge in [-0.1, -0.05) is 60.7 Å². The molecule has 31 heavy (non-hydrogen) atoms. The lowest BCUT2D eigenvalue weighted by atomic mass is 10.2. The highest BCUT2D eigenvalue weighted by Crippen LogP contribution is 2.32. The van der Waals surface area contributed by atoms with Gasteiger partial charge < -0.3 is 9.32 Å². The summed E-state index contributed by atoms with van der Waals surface area (Å²) < 4.78 is 5.92. The Labute approximate surface area is 186 Å². The van der Waals surface area contributed by atoms with Gasteiger partial charge in [0.2, 0.25) is 0 Å². The van der Waals surface area contributed by atoms with Crippen LogP contribution in [0.2, 0.25) is 0 Å². The lowest BCUT2D eigenvalue weighted by molar-refractivity contribution is -0.113. The lowest BCUT2D eigenvalue weighted by Crippen LogP contribution is -2.47. The summed E-state index contributed by atoms with van der Waals surface area (Å²) in [5.74, 6) is 1.27. The van der Waals surface area contributed by atoms with Crippen LogP contribution in [0.25, 0.3) is 17.4 Å². The summed E-state index contributed by atoms with van der Waals surface area (Å²) in [6.45, 7) is 4.62. The number of carbonyl (C=O) groups is 1. The van der Waals surface area contributed by atoms with Crippen LogP contribution in [0.1, 0.15) is 11.3 Å². The first-order chi connectivity index (χ1) is 15.2. The number of hydrogen-bond donors (Lipinski definition) is 0. The largest absolute Gasteiger partial charge is 0.457 e. The molecule has 0 radical (unpaired) electrons. The number of benzene rings is 2. The second-order valence-electron chi connectivity index (χ2n) is 7.63. The van der Waals surface area contributed by atoms with E-state index in [-0.39, 0.29) is 5.91 Å². The summed E-state index contributed by atoms with van der Waals surface area (Å²) in [5, 5.41) is 0.797. The number of aliphatic imine (C=N–C) groups is 1. The molecule has 1 aromatic heterocycles. The van der Waals surface area contributed by atoms with Crippen molar-refractivity contribution in [3.63, 3.8) is 0 Å². The molecule has 2 aliphatic heterocycles. The zero-order valence-corrected chi connectivity index (χ0v) is 17.9. The first-order valence-corrected chi connectivity index (χ1v) is 11.3. The van der Waals surface area contributed by atoms with Crippen molar-refractivity contribution in [1.82, 2.24) is 9.80 Å². The van der Waals surface area contributed by atoms with Crippen LogP contribution in [-0.2, 0) is 11.3 Å². The number of thioether (sulfide) groups is 1. The molecule has 5 nitrogen and oxygen atoms in total. The highest BCUT2D eigenvalue weighted by molar-refractivity contribution is 8.18. The average molecular weight is 430 g/mol. The van der Waals surface area contributed by atoms with Gasteiger partial charge in [0, 0.05) is 44.4 Å². The molecule has 0 bridgehead atoms. The van der Waals surface area contributed by atoms with E-state index in [2.05, 4.69) is 39.1 Å². The topological polar surface area (TPSA) is 49.1 Å². The minimum atomic E-state index is -0.190. The van der Waals surface area contributed by atoms with Crippen molar-refractivity contribution in [2.75, 3.05) is 26.2 Å². The van der Waals surface area contributed by atoms with E-state index < -0.39 is 0 Å². The Hall–Kier alpha value is -3.09. The Bertz CT molecular complexity index is 1110. The Morgan fingerprint density at radius 2 is 1.61 bits per heavy atom. The quantitative estimate of drug-likeness (QED) is 0.561. The van der Waals surface area contributed by atoms with Gasteiger partial charge in [0.15, 0.2) is 5.17 Å². The van der Waals surface area contributed by atoms with Gasteiger partial charge in [0.25, 0.3) is 5.91 Å². The molecule has 0 spiro atoms. The van der Waals surface area contributed by atoms with Crippen molar-refractivity contribution in [3.05, 3.63) is 89.0 Å². The summed E-state index contributed by atoms with van der Waals surface area (Å²) in [6, 6.07) is 24.3. The van der Waals surface area contributed by atoms with Gasteiger partial charge in [-0.15, -0.1) is 0 Å². The molecule has 1 saturated heterocycles. The molecule has 1 fully saturated rings. The zero-order valence-electron chi connectivity index (χ0n) is 17.1. The molecule has 0 N–H and O–H groups in total. The van der Waals surface area contributed by atoms with Crippen LogP contribution in [0.5, 0.6) is 0 Å². The number of piperazine rings is 1. The number of carbonyl (C=O) groups excluding carboxylic acids is 1. The fourth-order valence-electron chi connectivity index (χ4n) is 3.79. The Balaban J connectivity index is 1.20. The van der Waals surface area contributed by atoms with E-state index in [9.17, 15) is 4.79 Å². The maximum Gasteiger partial charge on any atom is 0.286 e. The van der Waals surface area contributed by atoms with E-state index in [1.165, 1.54) is 17.3 Å². The first kappa shape index (κ1) is 19.8. The summed E-state index contributed by atoms with van der Waals surface area (Å²) in [7, 11) is 0. The molecule has 2 aromatic carbocycles. The van der Waals surface area contributed by atoms with Crippen LogP contribution < -0.4 is 0 Å². The SMILES string of the molecule is O=C1N=C(N2CCN(Cc3ccccc3)CC2)S/C1=C\c1ccc(-c2ccccc2)o1. The third kappa shape index (κ3) is 4.65. The number of amidine groups is 1. The Morgan fingerprint density at radius 3 is 2.35 bits per heavy atom. The molecule has 0 unspecified atom stereocenters. The fourth-order valence-corrected chi connectivity index (χ4v) is 4.73. The van der Waals surface area contributed by atoms with E-state index in [0.29, 0.717) is 10.7 Å². The Morgan fingerprint density at radius 1 is 0.903 bits per heavy atom. The molecule has 1 amide bonds. The van der Waals surface area contributed by atoms with Gasteiger partial charge in [0.1, 0.15) is 11.5 Å². The van der Waals surface area contributed by atoms with E-state index >= 15 is 0 Å². The molecule has 3 heterocycles. The first-order valence-electron chi connectivity index (χ1n) is 10.4. The zero-order chi connectivity index (χ0) is 21.0. The molecule has 0 atom stereocenters. The molecule has 3 aromatic rings. The van der Waals surface area contributed by atoms with Crippen molar-refractivity contribution >= 4 is 28.9 Å². The highest BCUT2D eigenvalue weighted by Gasteiger charge is 2.28. The minimum Gasteiger partial charge on any atom is -0.457 e. The summed E-state index contributed by atoms with van der Waals surface area (Å²) in [5.41, 5.74) is 2.35. The molecular weight excluding hydrogens is 406 g/mol. The Kier molecular flexibility index (Phi) is 5.74. The smallest absolute Gasteiger partial charge is 0.286 e. The predicted octanol–water partition coefficient (Wildman–Crippen LogP) is 4.73. The van der Waals surface area contributed by atoms with Crippen molar-refractivity contribution in [3.8, 4) is 11.3 Å². The van der Waals surface area contributed by atoms with Gasteiger partial charge in [-0.3, -0.25) is 9.69 Å². The van der Waals surface area contributed by atoms with Gasteiger partial charge >= 0.3 is 0 Å². The van der Waals surface area contributed by atoms with Gasteiger partial charge in [-0.2, -0.15) is 4.99 Å². The van der Waals surface area contributed by atoms with Crippen LogP contribution in [-0.4, -0.2) is 47.1 Å². The standard InChI is InChI=1S/C25H23N3O2S/c29-24-23(17-21-11-12-22(30-21)20-9-5-2-6-10-20)31-25(26-24)28-15-13-27(14-16-28)18-19-7-3-1-4-8-19/h1-12,17H,13-16,18H2/b23-17-. The normalized spacial score (nSPS) is 18.6.